The number of fused-ring (bicyclic) bond motifs is 2. The molecule has 0 fully saturated rings. The van der Waals surface area contributed by atoms with Gasteiger partial charge in [-0.25, -0.2) is 9.97 Å². The van der Waals surface area contributed by atoms with Gasteiger partial charge in [-0.1, -0.05) is 30.3 Å². The number of hydrogen-bond donors (Lipinski definition) is 2. The van der Waals surface area contributed by atoms with Crippen molar-refractivity contribution in [2.24, 2.45) is 0 Å². The summed E-state index contributed by atoms with van der Waals surface area (Å²) in [6, 6.07) is 19.8. The zero-order chi connectivity index (χ0) is 20.3. The molecular formula is C24H23N5O. The number of hydrogen-bond acceptors (Lipinski definition) is 4. The molecule has 2 N–H and O–H groups in total. The first-order valence-corrected chi connectivity index (χ1v) is 10.3. The van der Waals surface area contributed by atoms with Crippen LogP contribution >= 0.6 is 0 Å². The van der Waals surface area contributed by atoms with Gasteiger partial charge in [-0.05, 0) is 48.7 Å². The Labute approximate surface area is 175 Å². The van der Waals surface area contributed by atoms with Gasteiger partial charge in [0.2, 0.25) is 0 Å². The van der Waals surface area contributed by atoms with Crippen LogP contribution in [0.4, 0.5) is 11.5 Å². The third-order valence-electron chi connectivity index (χ3n) is 5.49. The van der Waals surface area contributed by atoms with Crippen molar-refractivity contribution in [2.45, 2.75) is 19.3 Å². The van der Waals surface area contributed by atoms with E-state index < -0.39 is 0 Å². The molecule has 6 nitrogen and oxygen atoms in total. The van der Waals surface area contributed by atoms with Gasteiger partial charge in [0.25, 0.3) is 5.91 Å². The van der Waals surface area contributed by atoms with E-state index >= 15 is 0 Å². The van der Waals surface area contributed by atoms with Crippen LogP contribution in [-0.2, 0) is 12.8 Å². The van der Waals surface area contributed by atoms with Crippen molar-refractivity contribution >= 4 is 28.4 Å². The molecule has 0 bridgehead atoms. The zero-order valence-electron chi connectivity index (χ0n) is 16.6. The predicted molar refractivity (Wildman–Crippen MR) is 119 cm³/mol. The number of pyridine rings is 1. The summed E-state index contributed by atoms with van der Waals surface area (Å²) in [6.45, 7) is 1.42. The Morgan fingerprint density at radius 1 is 1.07 bits per heavy atom. The van der Waals surface area contributed by atoms with E-state index in [9.17, 15) is 4.79 Å². The number of H-pyrrole nitrogens is 1. The van der Waals surface area contributed by atoms with Crippen molar-refractivity contribution < 1.29 is 4.79 Å². The van der Waals surface area contributed by atoms with E-state index in [4.69, 9.17) is 0 Å². The number of benzene rings is 2. The second kappa shape index (κ2) is 7.99. The van der Waals surface area contributed by atoms with Gasteiger partial charge < -0.3 is 15.2 Å². The lowest BCUT2D eigenvalue weighted by Gasteiger charge is -2.19. The predicted octanol–water partition coefficient (Wildman–Crippen LogP) is 4.21. The van der Waals surface area contributed by atoms with Crippen LogP contribution in [0.15, 0.2) is 66.9 Å². The molecule has 1 amide bonds. The molecule has 1 aliphatic rings. The molecule has 0 aliphatic carbocycles. The number of rotatable bonds is 6. The first-order chi connectivity index (χ1) is 14.8. The van der Waals surface area contributed by atoms with E-state index in [1.54, 1.807) is 6.20 Å². The van der Waals surface area contributed by atoms with E-state index in [1.165, 1.54) is 5.56 Å². The molecule has 30 heavy (non-hydrogen) atoms. The maximum absolute atomic E-state index is 13.2. The van der Waals surface area contributed by atoms with Crippen LogP contribution in [-0.4, -0.2) is 33.9 Å². The number of nitrogens with one attached hydrogen (secondary N) is 2. The molecule has 4 aromatic rings. The van der Waals surface area contributed by atoms with Crippen molar-refractivity contribution in [3.8, 4) is 0 Å². The minimum atomic E-state index is -0.00664. The highest BCUT2D eigenvalue weighted by Gasteiger charge is 2.26. The summed E-state index contributed by atoms with van der Waals surface area (Å²) < 4.78 is 0. The van der Waals surface area contributed by atoms with Crippen LogP contribution in [0.2, 0.25) is 0 Å². The van der Waals surface area contributed by atoms with Crippen LogP contribution in [0, 0.1) is 0 Å². The van der Waals surface area contributed by atoms with Gasteiger partial charge in [-0.15, -0.1) is 0 Å². The van der Waals surface area contributed by atoms with E-state index in [1.807, 2.05) is 59.5 Å². The van der Waals surface area contributed by atoms with Crippen LogP contribution in [0.5, 0.6) is 0 Å². The van der Waals surface area contributed by atoms with Crippen molar-refractivity contribution in [1.82, 2.24) is 15.0 Å². The fraction of sp³-hybridized carbons (Fsp3) is 0.208. The van der Waals surface area contributed by atoms with Gasteiger partial charge in [0.1, 0.15) is 11.6 Å². The second-order valence-electron chi connectivity index (χ2n) is 7.47. The number of carbonyl (C=O) groups excluding carboxylic acids is 1. The van der Waals surface area contributed by atoms with Gasteiger partial charge in [-0.2, -0.15) is 0 Å². The van der Waals surface area contributed by atoms with Crippen molar-refractivity contribution in [3.63, 3.8) is 0 Å². The fourth-order valence-corrected chi connectivity index (χ4v) is 4.00. The first-order valence-electron chi connectivity index (χ1n) is 10.3. The maximum Gasteiger partial charge on any atom is 0.262 e. The molecule has 150 valence electrons. The van der Waals surface area contributed by atoms with Gasteiger partial charge in [0.15, 0.2) is 0 Å². The Bertz CT molecular complexity index is 1170. The van der Waals surface area contributed by atoms with Gasteiger partial charge >= 0.3 is 0 Å². The Morgan fingerprint density at radius 3 is 2.87 bits per heavy atom. The summed E-state index contributed by atoms with van der Waals surface area (Å²) in [5.74, 6) is 1.60. The largest absolute Gasteiger partial charge is 0.369 e. The molecule has 2 aromatic carbocycles. The van der Waals surface area contributed by atoms with E-state index in [2.05, 4.69) is 26.3 Å². The first kappa shape index (κ1) is 18.4. The number of nitrogens with zero attached hydrogens (tertiary/aromatic N) is 3. The highest BCUT2D eigenvalue weighted by atomic mass is 16.2. The quantitative estimate of drug-likeness (QED) is 0.478. The lowest BCUT2D eigenvalue weighted by Crippen LogP contribution is -2.30. The smallest absolute Gasteiger partial charge is 0.262 e. The molecule has 2 aromatic heterocycles. The molecule has 3 heterocycles. The third kappa shape index (κ3) is 3.52. The highest BCUT2D eigenvalue weighted by molar-refractivity contribution is 6.10. The molecule has 0 spiro atoms. The lowest BCUT2D eigenvalue weighted by molar-refractivity contribution is 0.0990. The maximum atomic E-state index is 13.2. The Hall–Kier alpha value is -3.67. The molecule has 1 aliphatic heterocycles. The van der Waals surface area contributed by atoms with E-state index in [-0.39, 0.29) is 5.91 Å². The van der Waals surface area contributed by atoms with Crippen molar-refractivity contribution in [2.75, 3.05) is 23.3 Å². The highest BCUT2D eigenvalue weighted by Crippen LogP contribution is 2.29. The standard InChI is InChI=1S/C24H23N5O/c30-24(29-16-13-17-7-1-4-11-21(17)29)18-8-5-14-25-23(18)26-15-6-12-22-27-19-9-2-3-10-20(19)28-22/h1-5,7-11,14H,6,12-13,15-16H2,(H,25,26)(H,27,28). The van der Waals surface area contributed by atoms with E-state index in [0.717, 1.165) is 41.8 Å². The summed E-state index contributed by atoms with van der Waals surface area (Å²) in [6.07, 6.45) is 4.33. The van der Waals surface area contributed by atoms with Crippen LogP contribution < -0.4 is 10.2 Å². The molecule has 0 atom stereocenters. The lowest BCUT2D eigenvalue weighted by atomic mass is 10.1. The number of aromatic nitrogens is 3. The normalized spacial score (nSPS) is 12.9. The monoisotopic (exact) mass is 397 g/mol. The van der Waals surface area contributed by atoms with Gasteiger partial charge in [0, 0.05) is 31.4 Å². The molecule has 0 saturated heterocycles. The number of aromatic amines is 1. The Kier molecular flexibility index (Phi) is 4.89. The molecule has 0 radical (unpaired) electrons. The number of amides is 1. The van der Waals surface area contributed by atoms with Crippen LogP contribution in [0.1, 0.15) is 28.2 Å². The Morgan fingerprint density at radius 2 is 1.93 bits per heavy atom. The number of para-hydroxylation sites is 3. The van der Waals surface area contributed by atoms with Crippen LogP contribution in [0.3, 0.4) is 0 Å². The minimum Gasteiger partial charge on any atom is -0.369 e. The topological polar surface area (TPSA) is 73.9 Å². The third-order valence-corrected chi connectivity index (χ3v) is 5.49. The molecule has 0 unspecified atom stereocenters. The number of aryl methyl sites for hydroxylation is 1. The van der Waals surface area contributed by atoms with Gasteiger partial charge in [0.05, 0.1) is 16.6 Å². The number of imidazole rings is 1. The summed E-state index contributed by atoms with van der Waals surface area (Å²) in [5.41, 5.74) is 4.88. The van der Waals surface area contributed by atoms with Crippen LogP contribution in [0.25, 0.3) is 11.0 Å². The van der Waals surface area contributed by atoms with Gasteiger partial charge in [-0.3, -0.25) is 4.79 Å². The van der Waals surface area contributed by atoms with E-state index in [0.29, 0.717) is 24.5 Å². The van der Waals surface area contributed by atoms with Crippen molar-refractivity contribution in [3.05, 3.63) is 83.8 Å². The summed E-state index contributed by atoms with van der Waals surface area (Å²) in [4.78, 5) is 27.5. The average Bonchev–Trinajstić information content (AvgIpc) is 3.40. The SMILES string of the molecule is O=C(c1cccnc1NCCCc1nc2ccccc2[nH]1)N1CCc2ccccc21. The molecular weight excluding hydrogens is 374 g/mol. The Balaban J connectivity index is 1.24. The fourth-order valence-electron chi connectivity index (χ4n) is 4.00. The summed E-state index contributed by atoms with van der Waals surface area (Å²) >= 11 is 0. The molecule has 5 rings (SSSR count). The summed E-state index contributed by atoms with van der Waals surface area (Å²) in [7, 11) is 0. The molecule has 0 saturated carbocycles. The minimum absolute atomic E-state index is 0.00664. The van der Waals surface area contributed by atoms with Crippen molar-refractivity contribution in [1.29, 1.82) is 0 Å². The summed E-state index contributed by atoms with van der Waals surface area (Å²) in [5, 5.41) is 3.35. The average molecular weight is 397 g/mol. The zero-order valence-corrected chi connectivity index (χ0v) is 16.6. The molecule has 6 heteroatoms. The number of carbonyl (C=O) groups is 1. The number of anilines is 2. The second-order valence-corrected chi connectivity index (χ2v) is 7.47.